The smallest absolute Gasteiger partial charge is 0.334 e. The zero-order valence-electron chi connectivity index (χ0n) is 24.8. The number of hydrogen-bond donors (Lipinski definition) is 0. The van der Waals surface area contributed by atoms with Crippen LogP contribution in [0.25, 0.3) is 0 Å². The van der Waals surface area contributed by atoms with Gasteiger partial charge in [0.1, 0.15) is 0 Å². The summed E-state index contributed by atoms with van der Waals surface area (Å²) >= 11 is 0. The lowest BCUT2D eigenvalue weighted by molar-refractivity contribution is -0.263. The van der Waals surface area contributed by atoms with Crippen molar-refractivity contribution in [3.8, 4) is 0 Å². The molecule has 1 aromatic carbocycles. The molecule has 1 amide bonds. The first-order valence-corrected chi connectivity index (χ1v) is 14.6. The van der Waals surface area contributed by atoms with Gasteiger partial charge in [-0.2, -0.15) is 5.06 Å². The van der Waals surface area contributed by atoms with Crippen LogP contribution in [0.5, 0.6) is 0 Å². The topological polar surface area (TPSA) is 68.3 Å². The molecule has 0 N–H and O–H groups in total. The monoisotopic (exact) mass is 530 g/mol. The van der Waals surface area contributed by atoms with Crippen molar-refractivity contribution in [2.75, 3.05) is 27.3 Å². The van der Waals surface area contributed by atoms with Crippen molar-refractivity contribution in [2.45, 2.75) is 110 Å². The van der Waals surface area contributed by atoms with Gasteiger partial charge in [0.25, 0.3) is 5.91 Å². The minimum Gasteiger partial charge on any atom is -0.467 e. The summed E-state index contributed by atoms with van der Waals surface area (Å²) in [6, 6.07) is 4.21. The second-order valence-corrected chi connectivity index (χ2v) is 11.8. The first-order valence-electron chi connectivity index (χ1n) is 14.6. The molecule has 214 valence electrons. The van der Waals surface area contributed by atoms with E-state index in [1.165, 1.54) is 43.4 Å². The molecule has 1 aliphatic heterocycles. The Morgan fingerprint density at radius 3 is 2.34 bits per heavy atom. The van der Waals surface area contributed by atoms with Gasteiger partial charge in [-0.15, -0.1) is 0 Å². The number of nitrogens with zero attached hydrogens (tertiary/aromatic N) is 2. The van der Waals surface area contributed by atoms with Crippen LogP contribution in [0.4, 0.5) is 0 Å². The maximum absolute atomic E-state index is 14.1. The fourth-order valence-electron chi connectivity index (χ4n) is 6.56. The predicted octanol–water partition coefficient (Wildman–Crippen LogP) is 5.87. The number of piperidine rings is 1. The van der Waals surface area contributed by atoms with Crippen LogP contribution < -0.4 is 0 Å². The van der Waals surface area contributed by atoms with E-state index >= 15 is 0 Å². The molecule has 7 heteroatoms. The molecule has 1 aliphatic carbocycles. The highest BCUT2D eigenvalue weighted by Gasteiger charge is 2.52. The summed E-state index contributed by atoms with van der Waals surface area (Å²) in [7, 11) is 3.03. The number of hydrogen-bond acceptors (Lipinski definition) is 6. The number of amides is 1. The van der Waals surface area contributed by atoms with Gasteiger partial charge in [0.05, 0.1) is 26.7 Å². The van der Waals surface area contributed by atoms with Crippen LogP contribution >= 0.6 is 0 Å². The summed E-state index contributed by atoms with van der Waals surface area (Å²) < 4.78 is 5.31. The van der Waals surface area contributed by atoms with Crippen molar-refractivity contribution in [3.63, 3.8) is 0 Å². The van der Waals surface area contributed by atoms with Crippen molar-refractivity contribution in [2.24, 2.45) is 11.8 Å². The Morgan fingerprint density at radius 2 is 1.76 bits per heavy atom. The lowest BCUT2D eigenvalue weighted by Crippen LogP contribution is -2.63. The first kappa shape index (κ1) is 30.6. The van der Waals surface area contributed by atoms with Crippen LogP contribution in [0.2, 0.25) is 0 Å². The van der Waals surface area contributed by atoms with E-state index in [9.17, 15) is 9.59 Å². The molecule has 3 unspecified atom stereocenters. The average Bonchev–Trinajstić information content (AvgIpc) is 3.34. The Bertz CT molecular complexity index is 917. The zero-order chi connectivity index (χ0) is 27.9. The van der Waals surface area contributed by atoms with Gasteiger partial charge in [0.15, 0.2) is 5.54 Å². The van der Waals surface area contributed by atoms with E-state index < -0.39 is 11.5 Å². The van der Waals surface area contributed by atoms with Gasteiger partial charge in [0, 0.05) is 13.1 Å². The molecular weight excluding hydrogens is 480 g/mol. The van der Waals surface area contributed by atoms with Crippen molar-refractivity contribution in [3.05, 3.63) is 34.4 Å². The highest BCUT2D eigenvalue weighted by molar-refractivity contribution is 5.88. The van der Waals surface area contributed by atoms with E-state index in [0.717, 1.165) is 36.0 Å². The van der Waals surface area contributed by atoms with Gasteiger partial charge in [-0.25, -0.2) is 9.86 Å². The highest BCUT2D eigenvalue weighted by atomic mass is 16.7. The van der Waals surface area contributed by atoms with Crippen LogP contribution in [-0.4, -0.2) is 61.0 Å². The van der Waals surface area contributed by atoms with Crippen LogP contribution in [0.15, 0.2) is 12.1 Å². The Morgan fingerprint density at radius 1 is 1.11 bits per heavy atom. The lowest BCUT2D eigenvalue weighted by atomic mass is 9.86. The second-order valence-electron chi connectivity index (χ2n) is 11.8. The summed E-state index contributed by atoms with van der Waals surface area (Å²) in [5, 5.41) is 3.26. The molecule has 7 nitrogen and oxygen atoms in total. The maximum Gasteiger partial charge on any atom is 0.334 e. The number of esters is 1. The standard InChI is InChI=1S/C31H50N2O5/c1-8-9-10-22(2)19-26-11-12-27(20-26)38-33(29(34)21-28-24(4)17-23(3)18-25(28)5)31(30(35)36-6)13-15-32(37-7)16-14-31/h17-18,22,26-27H,8-16,19-21H2,1-7H3. The SMILES string of the molecule is CCCCC(C)CC1CCC(ON(C(=O)Cc2c(C)cc(C)cc2C)C2(C(=O)OC)CCN(OC)CC2)C1. The summed E-state index contributed by atoms with van der Waals surface area (Å²) in [5.74, 6) is 0.691. The minimum absolute atomic E-state index is 0.0791. The first-order chi connectivity index (χ1) is 18.1. The maximum atomic E-state index is 14.1. The van der Waals surface area contributed by atoms with E-state index in [4.69, 9.17) is 14.4 Å². The van der Waals surface area contributed by atoms with E-state index in [1.54, 1.807) is 7.11 Å². The fraction of sp³-hybridized carbons (Fsp3) is 0.742. The normalized spacial score (nSPS) is 22.3. The molecule has 1 heterocycles. The van der Waals surface area contributed by atoms with Gasteiger partial charge in [-0.3, -0.25) is 9.63 Å². The van der Waals surface area contributed by atoms with Crippen LogP contribution in [0.3, 0.4) is 0 Å². The largest absolute Gasteiger partial charge is 0.467 e. The molecule has 0 aromatic heterocycles. The van der Waals surface area contributed by atoms with E-state index in [1.807, 2.05) is 18.9 Å². The van der Waals surface area contributed by atoms with Gasteiger partial charge in [-0.05, 0) is 87.8 Å². The van der Waals surface area contributed by atoms with Gasteiger partial charge in [0.2, 0.25) is 0 Å². The molecule has 0 bridgehead atoms. The van der Waals surface area contributed by atoms with Gasteiger partial charge < -0.3 is 9.57 Å². The quantitative estimate of drug-likeness (QED) is 0.249. The number of carbonyl (C=O) groups is 2. The highest BCUT2D eigenvalue weighted by Crippen LogP contribution is 2.38. The Labute approximate surface area is 230 Å². The Hall–Kier alpha value is -1.96. The Kier molecular flexibility index (Phi) is 11.2. The molecule has 1 aromatic rings. The number of hydroxylamine groups is 4. The summed E-state index contributed by atoms with van der Waals surface area (Å²) in [6.07, 6.45) is 8.79. The van der Waals surface area contributed by atoms with Crippen molar-refractivity contribution in [1.82, 2.24) is 10.1 Å². The molecule has 2 fully saturated rings. The zero-order valence-corrected chi connectivity index (χ0v) is 24.8. The van der Waals surface area contributed by atoms with Crippen LogP contribution in [0, 0.1) is 32.6 Å². The van der Waals surface area contributed by atoms with Crippen LogP contribution in [0.1, 0.15) is 93.9 Å². The summed E-state index contributed by atoms with van der Waals surface area (Å²) in [5.41, 5.74) is 3.17. The minimum atomic E-state index is -1.17. The van der Waals surface area contributed by atoms with Gasteiger partial charge >= 0.3 is 5.97 Å². The number of ether oxygens (including phenoxy) is 1. The lowest BCUT2D eigenvalue weighted by Gasteiger charge is -2.45. The Balaban J connectivity index is 1.85. The van der Waals surface area contributed by atoms with E-state index in [2.05, 4.69) is 32.9 Å². The molecule has 1 saturated heterocycles. The third-order valence-corrected chi connectivity index (χ3v) is 8.69. The van der Waals surface area contributed by atoms with Crippen molar-refractivity contribution >= 4 is 11.9 Å². The fourth-order valence-corrected chi connectivity index (χ4v) is 6.56. The third-order valence-electron chi connectivity index (χ3n) is 8.69. The molecule has 3 rings (SSSR count). The molecular formula is C31H50N2O5. The van der Waals surface area contributed by atoms with Gasteiger partial charge in [-0.1, -0.05) is 50.8 Å². The molecule has 0 spiro atoms. The third kappa shape index (κ3) is 7.36. The number of aryl methyl sites for hydroxylation is 3. The number of methoxy groups -OCH3 is 1. The molecule has 3 atom stereocenters. The number of carbonyl (C=O) groups excluding carboxylic acids is 2. The van der Waals surface area contributed by atoms with Crippen molar-refractivity contribution in [1.29, 1.82) is 0 Å². The average molecular weight is 531 g/mol. The van der Waals surface area contributed by atoms with E-state index in [-0.39, 0.29) is 18.4 Å². The molecule has 0 radical (unpaired) electrons. The molecule has 2 aliphatic rings. The molecule has 38 heavy (non-hydrogen) atoms. The molecule has 1 saturated carbocycles. The number of rotatable bonds is 12. The summed E-state index contributed by atoms with van der Waals surface area (Å²) in [4.78, 5) is 39.5. The second kappa shape index (κ2) is 13.9. The predicted molar refractivity (Wildman–Crippen MR) is 149 cm³/mol. The van der Waals surface area contributed by atoms with E-state index in [0.29, 0.717) is 37.8 Å². The van der Waals surface area contributed by atoms with Crippen LogP contribution in [-0.2, 0) is 30.4 Å². The van der Waals surface area contributed by atoms with Crippen molar-refractivity contribution < 1.29 is 24.0 Å². The number of benzene rings is 1. The number of unbranched alkanes of at least 4 members (excludes halogenated alkanes) is 1. The summed E-state index contributed by atoms with van der Waals surface area (Å²) in [6.45, 7) is 11.8.